The van der Waals surface area contributed by atoms with E-state index in [1.165, 1.54) is 11.7 Å². The zero-order chi connectivity index (χ0) is 16.6. The van der Waals surface area contributed by atoms with Crippen molar-refractivity contribution in [3.8, 4) is 0 Å². The molecule has 1 saturated heterocycles. The molecule has 1 amide bonds. The number of carboxylic acid groups (broad SMARTS) is 1. The number of aliphatic carboxylic acids is 1. The number of fused-ring (bicyclic) bond motifs is 1. The lowest BCUT2D eigenvalue weighted by Gasteiger charge is -2.30. The maximum atomic E-state index is 12.8. The monoisotopic (exact) mass is 315 g/mol. The quantitative estimate of drug-likeness (QED) is 0.887. The fraction of sp³-hybridized carbons (Fsp3) is 0.375. The number of benzene rings is 1. The molecule has 120 valence electrons. The SMILES string of the molecule is Cn1nc(C(=O)N2CCC(C(=O)O)CC2)c2ccccc2c1=O. The predicted octanol–water partition coefficient (Wildman–Crippen LogP) is 0.870. The first-order valence-corrected chi connectivity index (χ1v) is 7.47. The van der Waals surface area contributed by atoms with Gasteiger partial charge in [-0.05, 0) is 18.9 Å². The van der Waals surface area contributed by atoms with Crippen LogP contribution in [0.4, 0.5) is 0 Å². The number of carbonyl (C=O) groups excluding carboxylic acids is 1. The van der Waals surface area contributed by atoms with Crippen LogP contribution < -0.4 is 5.56 Å². The van der Waals surface area contributed by atoms with E-state index in [1.807, 2.05) is 0 Å². The Morgan fingerprint density at radius 2 is 1.78 bits per heavy atom. The molecule has 23 heavy (non-hydrogen) atoms. The summed E-state index contributed by atoms with van der Waals surface area (Å²) in [5.74, 6) is -1.48. The molecule has 1 N–H and O–H groups in total. The summed E-state index contributed by atoms with van der Waals surface area (Å²) < 4.78 is 1.17. The van der Waals surface area contributed by atoms with Crippen molar-refractivity contribution in [2.75, 3.05) is 13.1 Å². The number of nitrogens with zero attached hydrogens (tertiary/aromatic N) is 3. The zero-order valence-electron chi connectivity index (χ0n) is 12.7. The number of aromatic nitrogens is 2. The Morgan fingerprint density at radius 1 is 1.17 bits per heavy atom. The molecule has 1 aliphatic heterocycles. The maximum absolute atomic E-state index is 12.8. The molecule has 0 unspecified atom stereocenters. The van der Waals surface area contributed by atoms with Gasteiger partial charge in [-0.2, -0.15) is 5.10 Å². The minimum Gasteiger partial charge on any atom is -0.481 e. The molecule has 0 saturated carbocycles. The molecular weight excluding hydrogens is 298 g/mol. The van der Waals surface area contributed by atoms with Gasteiger partial charge in [0.25, 0.3) is 11.5 Å². The number of hydrogen-bond donors (Lipinski definition) is 1. The summed E-state index contributed by atoms with van der Waals surface area (Å²) in [4.78, 5) is 37.5. The second kappa shape index (κ2) is 5.83. The molecule has 2 aromatic rings. The minimum absolute atomic E-state index is 0.233. The van der Waals surface area contributed by atoms with Crippen LogP contribution >= 0.6 is 0 Å². The van der Waals surface area contributed by atoms with E-state index < -0.39 is 11.9 Å². The van der Waals surface area contributed by atoms with Crippen molar-refractivity contribution in [1.82, 2.24) is 14.7 Å². The molecule has 1 aliphatic rings. The molecule has 0 spiro atoms. The van der Waals surface area contributed by atoms with Crippen LogP contribution in [0.2, 0.25) is 0 Å². The summed E-state index contributed by atoms with van der Waals surface area (Å²) in [5.41, 5.74) is -0.0155. The lowest BCUT2D eigenvalue weighted by atomic mass is 9.97. The molecular formula is C16H17N3O4. The van der Waals surface area contributed by atoms with E-state index in [4.69, 9.17) is 5.11 Å². The van der Waals surface area contributed by atoms with Crippen LogP contribution in [0.1, 0.15) is 23.3 Å². The van der Waals surface area contributed by atoms with Crippen LogP contribution in [-0.4, -0.2) is 44.8 Å². The van der Waals surface area contributed by atoms with Gasteiger partial charge < -0.3 is 10.0 Å². The van der Waals surface area contributed by atoms with Gasteiger partial charge in [-0.15, -0.1) is 0 Å². The standard InChI is InChI=1S/C16H17N3O4/c1-18-14(20)12-5-3-2-4-11(12)13(17-18)15(21)19-8-6-10(7-9-19)16(22)23/h2-5,10H,6-9H2,1H3,(H,22,23). The predicted molar refractivity (Wildman–Crippen MR) is 83.2 cm³/mol. The number of likely N-dealkylation sites (tertiary alicyclic amines) is 1. The molecule has 0 aliphatic carbocycles. The lowest BCUT2D eigenvalue weighted by molar-refractivity contribution is -0.143. The average Bonchev–Trinajstić information content (AvgIpc) is 2.57. The fourth-order valence-electron chi connectivity index (χ4n) is 2.94. The number of amides is 1. The topological polar surface area (TPSA) is 92.5 Å². The summed E-state index contributed by atoms with van der Waals surface area (Å²) in [6.45, 7) is 0.767. The third kappa shape index (κ3) is 2.69. The largest absolute Gasteiger partial charge is 0.481 e. The Labute approximate surface area is 132 Å². The Kier molecular flexibility index (Phi) is 3.85. The van der Waals surface area contributed by atoms with E-state index in [2.05, 4.69) is 5.10 Å². The molecule has 7 nitrogen and oxygen atoms in total. The average molecular weight is 315 g/mol. The van der Waals surface area contributed by atoms with Gasteiger partial charge in [-0.25, -0.2) is 4.68 Å². The van der Waals surface area contributed by atoms with Crippen molar-refractivity contribution in [1.29, 1.82) is 0 Å². The second-order valence-corrected chi connectivity index (χ2v) is 5.73. The highest BCUT2D eigenvalue weighted by Gasteiger charge is 2.29. The molecule has 1 aromatic heterocycles. The first-order valence-electron chi connectivity index (χ1n) is 7.47. The van der Waals surface area contributed by atoms with E-state index >= 15 is 0 Å². The van der Waals surface area contributed by atoms with Crippen molar-refractivity contribution in [2.24, 2.45) is 13.0 Å². The van der Waals surface area contributed by atoms with Crippen molar-refractivity contribution in [2.45, 2.75) is 12.8 Å². The summed E-state index contributed by atoms with van der Waals surface area (Å²) >= 11 is 0. The van der Waals surface area contributed by atoms with Gasteiger partial charge in [0.05, 0.1) is 11.3 Å². The van der Waals surface area contributed by atoms with Crippen molar-refractivity contribution < 1.29 is 14.7 Å². The molecule has 3 rings (SSSR count). The summed E-state index contributed by atoms with van der Waals surface area (Å²) in [6, 6.07) is 6.89. The smallest absolute Gasteiger partial charge is 0.306 e. The number of rotatable bonds is 2. The Balaban J connectivity index is 1.95. The van der Waals surface area contributed by atoms with Gasteiger partial charge in [0.2, 0.25) is 0 Å². The summed E-state index contributed by atoms with van der Waals surface area (Å²) in [7, 11) is 1.52. The highest BCUT2D eigenvalue weighted by Crippen LogP contribution is 2.21. The number of hydrogen-bond acceptors (Lipinski definition) is 4. The van der Waals surface area contributed by atoms with Crippen LogP contribution in [-0.2, 0) is 11.8 Å². The molecule has 0 radical (unpaired) electrons. The summed E-state index contributed by atoms with van der Waals surface area (Å²) in [6.07, 6.45) is 0.871. The fourth-order valence-corrected chi connectivity index (χ4v) is 2.94. The third-order valence-electron chi connectivity index (χ3n) is 4.29. The molecule has 0 bridgehead atoms. The van der Waals surface area contributed by atoms with E-state index in [9.17, 15) is 14.4 Å². The van der Waals surface area contributed by atoms with Gasteiger partial charge in [-0.1, -0.05) is 18.2 Å². The molecule has 2 heterocycles. The summed E-state index contributed by atoms with van der Waals surface area (Å²) in [5, 5.41) is 14.1. The number of piperidine rings is 1. The first-order chi connectivity index (χ1) is 11.0. The lowest BCUT2D eigenvalue weighted by Crippen LogP contribution is -2.41. The van der Waals surface area contributed by atoms with Crippen molar-refractivity contribution in [3.05, 3.63) is 40.3 Å². The third-order valence-corrected chi connectivity index (χ3v) is 4.29. The second-order valence-electron chi connectivity index (χ2n) is 5.73. The molecule has 0 atom stereocenters. The Bertz CT molecular complexity index is 835. The van der Waals surface area contributed by atoms with Crippen LogP contribution in [0, 0.1) is 5.92 Å². The van der Waals surface area contributed by atoms with E-state index in [-0.39, 0.29) is 17.2 Å². The zero-order valence-corrected chi connectivity index (χ0v) is 12.7. The number of carbonyl (C=O) groups is 2. The van der Waals surface area contributed by atoms with E-state index in [0.717, 1.165) is 0 Å². The number of aryl methyl sites for hydroxylation is 1. The van der Waals surface area contributed by atoms with Gasteiger partial charge in [0.15, 0.2) is 5.69 Å². The van der Waals surface area contributed by atoms with Gasteiger partial charge >= 0.3 is 5.97 Å². The van der Waals surface area contributed by atoms with Gasteiger partial charge in [-0.3, -0.25) is 14.4 Å². The maximum Gasteiger partial charge on any atom is 0.306 e. The molecule has 7 heteroatoms. The Morgan fingerprint density at radius 3 is 2.39 bits per heavy atom. The van der Waals surface area contributed by atoms with E-state index in [0.29, 0.717) is 36.7 Å². The van der Waals surface area contributed by atoms with Crippen LogP contribution in [0.5, 0.6) is 0 Å². The normalized spacial score (nSPS) is 15.8. The number of carboxylic acids is 1. The Hall–Kier alpha value is -2.70. The van der Waals surface area contributed by atoms with Gasteiger partial charge in [0, 0.05) is 25.5 Å². The van der Waals surface area contributed by atoms with Crippen LogP contribution in [0.15, 0.2) is 29.1 Å². The molecule has 1 fully saturated rings. The highest BCUT2D eigenvalue weighted by molar-refractivity contribution is 6.04. The van der Waals surface area contributed by atoms with Gasteiger partial charge in [0.1, 0.15) is 0 Å². The molecule has 1 aromatic carbocycles. The van der Waals surface area contributed by atoms with Crippen LogP contribution in [0.3, 0.4) is 0 Å². The highest BCUT2D eigenvalue weighted by atomic mass is 16.4. The first kappa shape index (κ1) is 15.2. The van der Waals surface area contributed by atoms with Crippen LogP contribution in [0.25, 0.3) is 10.8 Å². The van der Waals surface area contributed by atoms with Crippen molar-refractivity contribution in [3.63, 3.8) is 0 Å². The minimum atomic E-state index is -0.817. The van der Waals surface area contributed by atoms with Crippen molar-refractivity contribution >= 4 is 22.6 Å². The van der Waals surface area contributed by atoms with E-state index in [1.54, 1.807) is 29.2 Å².